The normalized spacial score (nSPS) is 12.4. The fraction of sp³-hybridized carbons (Fsp3) is 0.261. The number of aliphatic carboxylic acids is 2. The molecule has 0 heterocycles. The van der Waals surface area contributed by atoms with Gasteiger partial charge in [0.05, 0.1) is 18.8 Å². The van der Waals surface area contributed by atoms with E-state index in [1.165, 1.54) is 7.11 Å². The monoisotopic (exact) mass is 463 g/mol. The quantitative estimate of drug-likeness (QED) is 0.329. The minimum atomic E-state index is -1.26. The fourth-order valence-electron chi connectivity index (χ4n) is 2.61. The molecule has 0 saturated carbocycles. The molecular formula is C23H26ClNO7. The highest BCUT2D eigenvalue weighted by molar-refractivity contribution is 6.30. The number of carboxylic acid groups (broad SMARTS) is 2. The fourth-order valence-corrected chi connectivity index (χ4v) is 2.81. The van der Waals surface area contributed by atoms with E-state index in [1.807, 2.05) is 24.3 Å². The molecule has 0 aliphatic rings. The Bertz CT molecular complexity index is 912. The van der Waals surface area contributed by atoms with Gasteiger partial charge in [-0.3, -0.25) is 0 Å². The molecule has 0 radical (unpaired) electrons. The molecule has 2 atom stereocenters. The molecular weight excluding hydrogens is 438 g/mol. The molecule has 9 heteroatoms. The largest absolute Gasteiger partial charge is 0.478 e. The van der Waals surface area contributed by atoms with Gasteiger partial charge in [-0.05, 0) is 48.7 Å². The predicted octanol–water partition coefficient (Wildman–Crippen LogP) is 3.09. The molecule has 0 bridgehead atoms. The zero-order chi connectivity index (χ0) is 24.1. The highest BCUT2D eigenvalue weighted by atomic mass is 35.5. The molecule has 0 fully saturated rings. The van der Waals surface area contributed by atoms with Crippen molar-refractivity contribution in [2.75, 3.05) is 13.7 Å². The van der Waals surface area contributed by atoms with Crippen molar-refractivity contribution in [1.82, 2.24) is 5.32 Å². The summed E-state index contributed by atoms with van der Waals surface area (Å²) in [4.78, 5) is 30.5. The maximum Gasteiger partial charge on any atom is 0.337 e. The van der Waals surface area contributed by atoms with E-state index in [9.17, 15) is 19.5 Å². The van der Waals surface area contributed by atoms with Gasteiger partial charge in [0.1, 0.15) is 0 Å². The van der Waals surface area contributed by atoms with Crippen LogP contribution in [0.3, 0.4) is 0 Å². The van der Waals surface area contributed by atoms with Crippen molar-refractivity contribution in [1.29, 1.82) is 0 Å². The number of halogens is 1. The second-order valence-electron chi connectivity index (χ2n) is 6.78. The number of esters is 1. The molecule has 0 saturated heterocycles. The topological polar surface area (TPSA) is 133 Å². The smallest absolute Gasteiger partial charge is 0.337 e. The minimum Gasteiger partial charge on any atom is -0.478 e. The van der Waals surface area contributed by atoms with Gasteiger partial charge in [0.2, 0.25) is 0 Å². The maximum atomic E-state index is 11.4. The van der Waals surface area contributed by atoms with E-state index in [2.05, 4.69) is 17.0 Å². The number of aliphatic hydroxyl groups is 1. The first-order chi connectivity index (χ1) is 15.1. The number of methoxy groups -OCH3 is 1. The molecule has 0 aliphatic carbocycles. The first-order valence-electron chi connectivity index (χ1n) is 9.60. The van der Waals surface area contributed by atoms with Gasteiger partial charge in [0, 0.05) is 29.8 Å². The van der Waals surface area contributed by atoms with Gasteiger partial charge in [-0.25, -0.2) is 14.4 Å². The number of rotatable bonds is 9. The summed E-state index contributed by atoms with van der Waals surface area (Å²) in [6, 6.07) is 14.8. The summed E-state index contributed by atoms with van der Waals surface area (Å²) in [7, 11) is 1.37. The summed E-state index contributed by atoms with van der Waals surface area (Å²) < 4.78 is 4.68. The summed E-state index contributed by atoms with van der Waals surface area (Å²) in [6.45, 7) is 2.50. The number of aliphatic hydroxyl groups excluding tert-OH is 1. The number of carbonyl (C=O) groups is 3. The Kier molecular flexibility index (Phi) is 11.7. The highest BCUT2D eigenvalue weighted by Crippen LogP contribution is 2.17. The Hall–Kier alpha value is -3.20. The SMILES string of the molecule is COC(=O)c1ccc(CC(C)NCC(O)c2cccc(Cl)c2)cc1.O=C(O)/C=C/C(=O)O. The first kappa shape index (κ1) is 26.8. The first-order valence-corrected chi connectivity index (χ1v) is 9.98. The Morgan fingerprint density at radius 3 is 2.16 bits per heavy atom. The van der Waals surface area contributed by atoms with Gasteiger partial charge in [-0.15, -0.1) is 0 Å². The molecule has 2 rings (SSSR count). The van der Waals surface area contributed by atoms with Gasteiger partial charge in [-0.2, -0.15) is 0 Å². The van der Waals surface area contributed by atoms with Gasteiger partial charge in [0.25, 0.3) is 0 Å². The lowest BCUT2D eigenvalue weighted by Gasteiger charge is -2.18. The van der Waals surface area contributed by atoms with Crippen LogP contribution in [-0.4, -0.2) is 52.9 Å². The lowest BCUT2D eigenvalue weighted by Crippen LogP contribution is -2.32. The van der Waals surface area contributed by atoms with Crippen molar-refractivity contribution in [2.45, 2.75) is 25.5 Å². The van der Waals surface area contributed by atoms with Crippen LogP contribution < -0.4 is 5.32 Å². The van der Waals surface area contributed by atoms with Crippen molar-refractivity contribution >= 4 is 29.5 Å². The maximum absolute atomic E-state index is 11.4. The predicted molar refractivity (Wildman–Crippen MR) is 120 cm³/mol. The van der Waals surface area contributed by atoms with Crippen molar-refractivity contribution in [3.8, 4) is 0 Å². The van der Waals surface area contributed by atoms with Gasteiger partial charge >= 0.3 is 17.9 Å². The van der Waals surface area contributed by atoms with Crippen LogP contribution in [0.2, 0.25) is 5.02 Å². The summed E-state index contributed by atoms with van der Waals surface area (Å²) >= 11 is 5.94. The van der Waals surface area contributed by atoms with Crippen LogP contribution in [0.5, 0.6) is 0 Å². The molecule has 2 aromatic carbocycles. The van der Waals surface area contributed by atoms with E-state index >= 15 is 0 Å². The molecule has 8 nitrogen and oxygen atoms in total. The van der Waals surface area contributed by atoms with Crippen molar-refractivity contribution in [2.24, 2.45) is 0 Å². The standard InChI is InChI=1S/C19H22ClNO3.C4H4O4/c1-13(10-14-6-8-15(9-7-14)19(23)24-2)21-12-18(22)16-4-3-5-17(20)11-16;5-3(6)1-2-4(7)8/h3-9,11,13,18,21-22H,10,12H2,1-2H3;1-2H,(H,5,6)(H,7,8)/b;2-1+. The second kappa shape index (κ2) is 14.0. The molecule has 32 heavy (non-hydrogen) atoms. The van der Waals surface area contributed by atoms with Crippen LogP contribution in [-0.2, 0) is 20.7 Å². The third-order valence-corrected chi connectivity index (χ3v) is 4.41. The van der Waals surface area contributed by atoms with E-state index < -0.39 is 18.0 Å². The number of hydrogen-bond acceptors (Lipinski definition) is 6. The van der Waals surface area contributed by atoms with Crippen molar-refractivity contribution < 1.29 is 34.4 Å². The summed E-state index contributed by atoms with van der Waals surface area (Å²) in [6.07, 6.45) is 1.31. The van der Waals surface area contributed by atoms with E-state index in [0.29, 0.717) is 29.3 Å². The van der Waals surface area contributed by atoms with E-state index in [1.54, 1.807) is 24.3 Å². The zero-order valence-electron chi connectivity index (χ0n) is 17.7. The van der Waals surface area contributed by atoms with Gasteiger partial charge in [-0.1, -0.05) is 35.9 Å². The highest BCUT2D eigenvalue weighted by Gasteiger charge is 2.11. The van der Waals surface area contributed by atoms with E-state index in [0.717, 1.165) is 17.5 Å². The number of benzene rings is 2. The molecule has 0 aliphatic heterocycles. The van der Waals surface area contributed by atoms with Crippen molar-refractivity contribution in [3.05, 3.63) is 82.4 Å². The third-order valence-electron chi connectivity index (χ3n) is 4.18. The Balaban J connectivity index is 0.000000547. The Morgan fingerprint density at radius 1 is 1.06 bits per heavy atom. The van der Waals surface area contributed by atoms with Gasteiger partial charge < -0.3 is 25.4 Å². The molecule has 2 aromatic rings. The van der Waals surface area contributed by atoms with E-state index in [4.69, 9.17) is 21.8 Å². The van der Waals surface area contributed by atoms with Crippen LogP contribution in [0, 0.1) is 0 Å². The number of ether oxygens (including phenoxy) is 1. The Morgan fingerprint density at radius 2 is 1.66 bits per heavy atom. The number of carbonyl (C=O) groups excluding carboxylic acids is 1. The lowest BCUT2D eigenvalue weighted by molar-refractivity contribution is -0.134. The summed E-state index contributed by atoms with van der Waals surface area (Å²) in [5.41, 5.74) is 2.45. The zero-order valence-corrected chi connectivity index (χ0v) is 18.5. The molecule has 2 unspecified atom stereocenters. The second-order valence-corrected chi connectivity index (χ2v) is 7.22. The number of hydrogen-bond donors (Lipinski definition) is 4. The van der Waals surface area contributed by atoms with Crippen LogP contribution in [0.4, 0.5) is 0 Å². The third kappa shape index (κ3) is 10.7. The molecule has 0 amide bonds. The minimum absolute atomic E-state index is 0.183. The molecule has 0 spiro atoms. The lowest BCUT2D eigenvalue weighted by atomic mass is 10.0. The molecule has 0 aromatic heterocycles. The van der Waals surface area contributed by atoms with Crippen LogP contribution >= 0.6 is 11.6 Å². The van der Waals surface area contributed by atoms with E-state index in [-0.39, 0.29) is 12.0 Å². The number of carboxylic acids is 2. The van der Waals surface area contributed by atoms with Crippen LogP contribution in [0.15, 0.2) is 60.7 Å². The molecule has 172 valence electrons. The van der Waals surface area contributed by atoms with Gasteiger partial charge in [0.15, 0.2) is 0 Å². The molecule has 4 N–H and O–H groups in total. The average Bonchev–Trinajstić information content (AvgIpc) is 2.76. The average molecular weight is 464 g/mol. The Labute approximate surface area is 191 Å². The van der Waals surface area contributed by atoms with Crippen molar-refractivity contribution in [3.63, 3.8) is 0 Å². The summed E-state index contributed by atoms with van der Waals surface area (Å²) in [5.74, 6) is -2.85. The summed E-state index contributed by atoms with van der Waals surface area (Å²) in [5, 5.41) is 29.8. The van der Waals surface area contributed by atoms with Crippen LogP contribution in [0.1, 0.15) is 34.5 Å². The van der Waals surface area contributed by atoms with Crippen LogP contribution in [0.25, 0.3) is 0 Å². The number of nitrogens with one attached hydrogen (secondary N) is 1.